The van der Waals surface area contributed by atoms with Gasteiger partial charge in [-0.3, -0.25) is 0 Å². The summed E-state index contributed by atoms with van der Waals surface area (Å²) in [5.74, 6) is 0. The number of fused-ring (bicyclic) bond motifs is 1. The summed E-state index contributed by atoms with van der Waals surface area (Å²) in [6, 6.07) is 11.8. The number of aliphatic hydroxyl groups excluding tert-OH is 1. The van der Waals surface area contributed by atoms with Crippen molar-refractivity contribution in [1.82, 2.24) is 19.9 Å². The molecular weight excluding hydrogens is 264 g/mol. The molecule has 2 N–H and O–H groups in total. The quantitative estimate of drug-likeness (QED) is 0.750. The minimum Gasteiger partial charge on any atom is -0.394 e. The van der Waals surface area contributed by atoms with Crippen molar-refractivity contribution in [1.29, 1.82) is 0 Å². The number of benzene rings is 1. The Morgan fingerprint density at radius 2 is 2.10 bits per heavy atom. The van der Waals surface area contributed by atoms with Crippen molar-refractivity contribution in [3.05, 3.63) is 65.6 Å². The number of rotatable bonds is 5. The van der Waals surface area contributed by atoms with E-state index in [-0.39, 0.29) is 12.6 Å². The monoisotopic (exact) mass is 282 g/mol. The number of nitrogens with zero attached hydrogens (tertiary/aromatic N) is 3. The van der Waals surface area contributed by atoms with Gasteiger partial charge in [0.25, 0.3) is 0 Å². The highest BCUT2D eigenvalue weighted by Gasteiger charge is 2.09. The minimum absolute atomic E-state index is 0.0561. The molecule has 0 bridgehead atoms. The number of nitrogens with one attached hydrogen (secondary N) is 1. The SMILES string of the molecule is Cc1cc2ncc(CN[C@@H](CO)c3ccccc3)cn2n1. The zero-order valence-corrected chi connectivity index (χ0v) is 11.9. The van der Waals surface area contributed by atoms with Crippen molar-refractivity contribution >= 4 is 5.65 Å². The molecule has 0 fully saturated rings. The van der Waals surface area contributed by atoms with Crippen LogP contribution in [0.2, 0.25) is 0 Å². The van der Waals surface area contributed by atoms with E-state index in [9.17, 15) is 5.11 Å². The first-order valence-electron chi connectivity index (χ1n) is 6.96. The molecule has 0 unspecified atom stereocenters. The highest BCUT2D eigenvalue weighted by molar-refractivity contribution is 5.38. The predicted octanol–water partition coefficient (Wildman–Crippen LogP) is 1.86. The highest BCUT2D eigenvalue weighted by Crippen LogP contribution is 2.13. The second-order valence-corrected chi connectivity index (χ2v) is 5.08. The topological polar surface area (TPSA) is 62.5 Å². The van der Waals surface area contributed by atoms with Gasteiger partial charge < -0.3 is 10.4 Å². The maximum Gasteiger partial charge on any atom is 0.155 e. The van der Waals surface area contributed by atoms with Gasteiger partial charge in [0.05, 0.1) is 18.3 Å². The van der Waals surface area contributed by atoms with Crippen LogP contribution in [0.5, 0.6) is 0 Å². The lowest BCUT2D eigenvalue weighted by atomic mass is 10.1. The molecule has 1 atom stereocenters. The molecule has 0 aliphatic carbocycles. The summed E-state index contributed by atoms with van der Waals surface area (Å²) in [5.41, 5.74) is 3.90. The molecule has 0 aliphatic rings. The first kappa shape index (κ1) is 13.7. The molecule has 0 radical (unpaired) electrons. The third-order valence-electron chi connectivity index (χ3n) is 3.43. The van der Waals surface area contributed by atoms with Gasteiger partial charge in [-0.2, -0.15) is 5.10 Å². The van der Waals surface area contributed by atoms with Crippen LogP contribution in [0.15, 0.2) is 48.8 Å². The van der Waals surface area contributed by atoms with E-state index in [0.29, 0.717) is 6.54 Å². The minimum atomic E-state index is -0.0822. The molecule has 3 aromatic rings. The maximum absolute atomic E-state index is 9.54. The fraction of sp³-hybridized carbons (Fsp3) is 0.250. The van der Waals surface area contributed by atoms with Crippen molar-refractivity contribution < 1.29 is 5.11 Å². The summed E-state index contributed by atoms with van der Waals surface area (Å²) in [5, 5.41) is 17.2. The van der Waals surface area contributed by atoms with Crippen LogP contribution < -0.4 is 5.32 Å². The summed E-state index contributed by atoms with van der Waals surface area (Å²) < 4.78 is 1.78. The molecule has 108 valence electrons. The molecule has 3 rings (SSSR count). The van der Waals surface area contributed by atoms with Gasteiger partial charge >= 0.3 is 0 Å². The van der Waals surface area contributed by atoms with Crippen molar-refractivity contribution in [2.24, 2.45) is 0 Å². The normalized spacial score (nSPS) is 12.7. The van der Waals surface area contributed by atoms with Crippen LogP contribution >= 0.6 is 0 Å². The fourth-order valence-electron chi connectivity index (χ4n) is 2.34. The lowest BCUT2D eigenvalue weighted by Crippen LogP contribution is -2.24. The Bertz CT molecular complexity index is 723. The van der Waals surface area contributed by atoms with Crippen LogP contribution in [0.3, 0.4) is 0 Å². The molecular formula is C16H18N4O. The Kier molecular flexibility index (Phi) is 3.94. The lowest BCUT2D eigenvalue weighted by Gasteiger charge is -2.16. The summed E-state index contributed by atoms with van der Waals surface area (Å²) in [7, 11) is 0. The van der Waals surface area contributed by atoms with Gasteiger partial charge in [-0.15, -0.1) is 0 Å². The van der Waals surface area contributed by atoms with Crippen LogP contribution in [0.25, 0.3) is 5.65 Å². The Hall–Kier alpha value is -2.24. The molecule has 2 aromatic heterocycles. The summed E-state index contributed by atoms with van der Waals surface area (Å²) in [4.78, 5) is 4.38. The number of aromatic nitrogens is 3. The van der Waals surface area contributed by atoms with E-state index < -0.39 is 0 Å². The Morgan fingerprint density at radius 1 is 1.29 bits per heavy atom. The van der Waals surface area contributed by atoms with Crippen LogP contribution in [0.4, 0.5) is 0 Å². The molecule has 0 aliphatic heterocycles. The second-order valence-electron chi connectivity index (χ2n) is 5.08. The average Bonchev–Trinajstić information content (AvgIpc) is 2.88. The molecule has 5 nitrogen and oxygen atoms in total. The lowest BCUT2D eigenvalue weighted by molar-refractivity contribution is 0.243. The molecule has 5 heteroatoms. The molecule has 0 saturated heterocycles. The summed E-state index contributed by atoms with van der Waals surface area (Å²) in [6.07, 6.45) is 3.80. The predicted molar refractivity (Wildman–Crippen MR) is 80.8 cm³/mol. The zero-order valence-electron chi connectivity index (χ0n) is 11.9. The van der Waals surface area contributed by atoms with Crippen LogP contribution in [0, 0.1) is 6.92 Å². The van der Waals surface area contributed by atoms with E-state index in [1.165, 1.54) is 0 Å². The van der Waals surface area contributed by atoms with Crippen LogP contribution in [-0.4, -0.2) is 26.3 Å². The average molecular weight is 282 g/mol. The number of hydrogen-bond acceptors (Lipinski definition) is 4. The van der Waals surface area contributed by atoms with E-state index in [1.807, 2.05) is 55.7 Å². The zero-order chi connectivity index (χ0) is 14.7. The van der Waals surface area contributed by atoms with E-state index in [1.54, 1.807) is 4.52 Å². The van der Waals surface area contributed by atoms with Crippen LogP contribution in [-0.2, 0) is 6.54 Å². The maximum atomic E-state index is 9.54. The standard InChI is InChI=1S/C16H18N4O/c1-12-7-16-18-9-13(10-20(16)19-12)8-17-15(11-21)14-5-3-2-4-6-14/h2-7,9-10,15,17,21H,8,11H2,1H3/t15-/m0/s1. The first-order chi connectivity index (χ1) is 10.3. The van der Waals surface area contributed by atoms with Gasteiger partial charge in [0, 0.05) is 30.6 Å². The third kappa shape index (κ3) is 3.09. The van der Waals surface area contributed by atoms with Gasteiger partial charge in [-0.25, -0.2) is 9.50 Å². The highest BCUT2D eigenvalue weighted by atomic mass is 16.3. The smallest absolute Gasteiger partial charge is 0.155 e. The van der Waals surface area contributed by atoms with Gasteiger partial charge in [-0.05, 0) is 12.5 Å². The summed E-state index contributed by atoms with van der Waals surface area (Å²) >= 11 is 0. The van der Waals surface area contributed by atoms with Crippen LogP contribution in [0.1, 0.15) is 22.9 Å². The molecule has 1 aromatic carbocycles. The van der Waals surface area contributed by atoms with E-state index in [4.69, 9.17) is 0 Å². The number of aryl methyl sites for hydroxylation is 1. The first-order valence-corrected chi connectivity index (χ1v) is 6.96. The Balaban J connectivity index is 1.72. The van der Waals surface area contributed by atoms with Crippen molar-refractivity contribution in [3.8, 4) is 0 Å². The van der Waals surface area contributed by atoms with E-state index >= 15 is 0 Å². The van der Waals surface area contributed by atoms with Crippen molar-refractivity contribution in [2.45, 2.75) is 19.5 Å². The van der Waals surface area contributed by atoms with Gasteiger partial charge in [-0.1, -0.05) is 30.3 Å². The largest absolute Gasteiger partial charge is 0.394 e. The molecule has 21 heavy (non-hydrogen) atoms. The van der Waals surface area contributed by atoms with Crippen molar-refractivity contribution in [2.75, 3.05) is 6.61 Å². The van der Waals surface area contributed by atoms with Gasteiger partial charge in [0.15, 0.2) is 5.65 Å². The number of aliphatic hydroxyl groups is 1. The van der Waals surface area contributed by atoms with Gasteiger partial charge in [0.2, 0.25) is 0 Å². The van der Waals surface area contributed by atoms with Crippen molar-refractivity contribution in [3.63, 3.8) is 0 Å². The molecule has 0 amide bonds. The molecule has 0 spiro atoms. The molecule has 2 heterocycles. The third-order valence-corrected chi connectivity index (χ3v) is 3.43. The second kappa shape index (κ2) is 6.03. The fourth-order valence-corrected chi connectivity index (χ4v) is 2.34. The van der Waals surface area contributed by atoms with Gasteiger partial charge in [0.1, 0.15) is 0 Å². The molecule has 0 saturated carbocycles. The summed E-state index contributed by atoms with van der Waals surface area (Å²) in [6.45, 7) is 2.63. The number of hydrogen-bond donors (Lipinski definition) is 2. The Morgan fingerprint density at radius 3 is 2.86 bits per heavy atom. The Labute approximate surface area is 123 Å². The van der Waals surface area contributed by atoms with E-state index in [0.717, 1.165) is 22.5 Å². The van der Waals surface area contributed by atoms with E-state index in [2.05, 4.69) is 15.4 Å².